The van der Waals surface area contributed by atoms with Crippen molar-refractivity contribution >= 4 is 23.4 Å². The molecule has 1 N–H and O–H groups in total. The Kier molecular flexibility index (Phi) is 7.47. The van der Waals surface area contributed by atoms with Crippen molar-refractivity contribution in [1.29, 1.82) is 0 Å². The summed E-state index contributed by atoms with van der Waals surface area (Å²) in [4.78, 5) is 12.2. The Balaban J connectivity index is 1.89. The van der Waals surface area contributed by atoms with Gasteiger partial charge in [0.1, 0.15) is 17.2 Å². The van der Waals surface area contributed by atoms with Gasteiger partial charge in [-0.05, 0) is 25.1 Å². The van der Waals surface area contributed by atoms with Crippen LogP contribution in [0.25, 0.3) is 0 Å². The minimum Gasteiger partial charge on any atom is -0.497 e. The molecule has 6 heteroatoms. The Morgan fingerprint density at radius 2 is 1.88 bits per heavy atom. The fourth-order valence-corrected chi connectivity index (χ4v) is 3.08. The fourth-order valence-electron chi connectivity index (χ4n) is 2.26. The van der Waals surface area contributed by atoms with Gasteiger partial charge >= 0.3 is 0 Å². The summed E-state index contributed by atoms with van der Waals surface area (Å²) in [6.07, 6.45) is 0. The summed E-state index contributed by atoms with van der Waals surface area (Å²) in [5.41, 5.74) is 1.72. The predicted octanol–water partition coefficient (Wildman–Crippen LogP) is 3.97. The highest BCUT2D eigenvalue weighted by atomic mass is 32.2. The van der Waals surface area contributed by atoms with Crippen molar-refractivity contribution in [2.45, 2.75) is 12.7 Å². The highest BCUT2D eigenvalue weighted by Gasteiger charge is 2.10. The van der Waals surface area contributed by atoms with Crippen molar-refractivity contribution in [3.63, 3.8) is 0 Å². The van der Waals surface area contributed by atoms with Gasteiger partial charge in [0.15, 0.2) is 0 Å². The van der Waals surface area contributed by atoms with Crippen LogP contribution in [0.1, 0.15) is 12.5 Å². The molecule has 0 aromatic heterocycles. The number of thioether (sulfide) groups is 1. The molecule has 2 aromatic rings. The van der Waals surface area contributed by atoms with Crippen molar-refractivity contribution in [2.24, 2.45) is 0 Å². The van der Waals surface area contributed by atoms with E-state index in [0.717, 1.165) is 11.3 Å². The highest BCUT2D eigenvalue weighted by Crippen LogP contribution is 2.29. The molecule has 0 aliphatic carbocycles. The Morgan fingerprint density at radius 3 is 2.60 bits per heavy atom. The quantitative estimate of drug-likeness (QED) is 0.732. The molecule has 5 nitrogen and oxygen atoms in total. The number of benzene rings is 2. The van der Waals surface area contributed by atoms with Crippen LogP contribution in [-0.4, -0.2) is 32.5 Å². The third-order valence-electron chi connectivity index (χ3n) is 3.45. The predicted molar refractivity (Wildman–Crippen MR) is 102 cm³/mol. The molecule has 0 atom stereocenters. The molecule has 134 valence electrons. The number of carbonyl (C=O) groups is 1. The van der Waals surface area contributed by atoms with Crippen molar-refractivity contribution < 1.29 is 19.0 Å². The Bertz CT molecular complexity index is 706. The topological polar surface area (TPSA) is 56.8 Å². The van der Waals surface area contributed by atoms with Crippen molar-refractivity contribution in [1.82, 2.24) is 0 Å². The average Bonchev–Trinajstić information content (AvgIpc) is 2.63. The third kappa shape index (κ3) is 5.60. The fraction of sp³-hybridized carbons (Fsp3) is 0.316. The van der Waals surface area contributed by atoms with Crippen molar-refractivity contribution in [3.8, 4) is 17.2 Å². The number of carbonyl (C=O) groups excluding carboxylic acids is 1. The molecule has 0 unspecified atom stereocenters. The standard InChI is InChI=1S/C19H23NO4S/c1-4-24-17-8-6-5-7-14(17)12-25-13-19(21)20-16-10-9-15(22-2)11-18(16)23-3/h5-11H,4,12-13H2,1-3H3,(H,20,21). The van der Waals surface area contributed by atoms with Crippen LogP contribution in [-0.2, 0) is 10.5 Å². The lowest BCUT2D eigenvalue weighted by atomic mass is 10.2. The van der Waals surface area contributed by atoms with Gasteiger partial charge in [0, 0.05) is 17.4 Å². The molecule has 0 bridgehead atoms. The summed E-state index contributed by atoms with van der Waals surface area (Å²) in [7, 11) is 3.15. The number of hydrogen-bond donors (Lipinski definition) is 1. The number of hydrogen-bond acceptors (Lipinski definition) is 5. The van der Waals surface area contributed by atoms with E-state index in [1.807, 2.05) is 31.2 Å². The number of ether oxygens (including phenoxy) is 3. The van der Waals surface area contributed by atoms with Crippen molar-refractivity contribution in [3.05, 3.63) is 48.0 Å². The Labute approximate surface area is 152 Å². The normalized spacial score (nSPS) is 10.2. The Hall–Kier alpha value is -2.34. The van der Waals surface area contributed by atoms with Crippen LogP contribution in [0.3, 0.4) is 0 Å². The first-order valence-electron chi connectivity index (χ1n) is 7.98. The maximum atomic E-state index is 12.2. The number of para-hydroxylation sites is 1. The molecule has 0 saturated carbocycles. The maximum absolute atomic E-state index is 12.2. The van der Waals surface area contributed by atoms with Crippen molar-refractivity contribution in [2.75, 3.05) is 31.9 Å². The molecule has 0 aliphatic heterocycles. The van der Waals surface area contributed by atoms with Gasteiger partial charge in [0.25, 0.3) is 0 Å². The van der Waals surface area contributed by atoms with E-state index in [-0.39, 0.29) is 5.91 Å². The molecular weight excluding hydrogens is 338 g/mol. The first-order valence-corrected chi connectivity index (χ1v) is 9.13. The second kappa shape index (κ2) is 9.84. The van der Waals surface area contributed by atoms with Gasteiger partial charge in [0.2, 0.25) is 5.91 Å². The van der Waals surface area contributed by atoms with E-state index in [0.29, 0.717) is 35.3 Å². The first-order chi connectivity index (χ1) is 12.2. The van der Waals surface area contributed by atoms with E-state index < -0.39 is 0 Å². The van der Waals surface area contributed by atoms with E-state index in [1.54, 1.807) is 32.4 Å². The highest BCUT2D eigenvalue weighted by molar-refractivity contribution is 7.99. The maximum Gasteiger partial charge on any atom is 0.234 e. The molecule has 0 fully saturated rings. The lowest BCUT2D eigenvalue weighted by molar-refractivity contribution is -0.113. The summed E-state index contributed by atoms with van der Waals surface area (Å²) in [6, 6.07) is 13.2. The second-order valence-corrected chi connectivity index (χ2v) is 6.13. The molecule has 2 aromatic carbocycles. The summed E-state index contributed by atoms with van der Waals surface area (Å²) in [5.74, 6) is 3.09. The van der Waals surface area contributed by atoms with Crippen LogP contribution in [0.4, 0.5) is 5.69 Å². The number of nitrogens with one attached hydrogen (secondary N) is 1. The molecule has 1 amide bonds. The molecule has 0 saturated heterocycles. The molecule has 2 rings (SSSR count). The smallest absolute Gasteiger partial charge is 0.234 e. The molecule has 0 spiro atoms. The Morgan fingerprint density at radius 1 is 1.08 bits per heavy atom. The molecule has 25 heavy (non-hydrogen) atoms. The van der Waals surface area contributed by atoms with Gasteiger partial charge in [-0.1, -0.05) is 18.2 Å². The minimum absolute atomic E-state index is 0.0812. The van der Waals surface area contributed by atoms with Gasteiger partial charge in [-0.2, -0.15) is 0 Å². The van der Waals surface area contributed by atoms with E-state index in [2.05, 4.69) is 5.32 Å². The van der Waals surface area contributed by atoms with Crippen LogP contribution in [0.15, 0.2) is 42.5 Å². The summed E-state index contributed by atoms with van der Waals surface area (Å²) in [5, 5.41) is 2.87. The first kappa shape index (κ1) is 19.0. The number of amides is 1. The van der Waals surface area contributed by atoms with Gasteiger partial charge in [-0.3, -0.25) is 4.79 Å². The van der Waals surface area contributed by atoms with E-state index in [4.69, 9.17) is 14.2 Å². The van der Waals surface area contributed by atoms with Crippen LogP contribution in [0.5, 0.6) is 17.2 Å². The van der Waals surface area contributed by atoms with Crippen LogP contribution < -0.4 is 19.5 Å². The zero-order chi connectivity index (χ0) is 18.1. The SMILES string of the molecule is CCOc1ccccc1CSCC(=O)Nc1ccc(OC)cc1OC. The van der Waals surface area contributed by atoms with Gasteiger partial charge in [-0.15, -0.1) is 11.8 Å². The lowest BCUT2D eigenvalue weighted by Crippen LogP contribution is -2.15. The largest absolute Gasteiger partial charge is 0.497 e. The molecule has 0 heterocycles. The van der Waals surface area contributed by atoms with Gasteiger partial charge in [0.05, 0.1) is 32.3 Å². The monoisotopic (exact) mass is 361 g/mol. The number of rotatable bonds is 9. The van der Waals surface area contributed by atoms with Gasteiger partial charge < -0.3 is 19.5 Å². The summed E-state index contributed by atoms with van der Waals surface area (Å²) >= 11 is 1.54. The summed E-state index contributed by atoms with van der Waals surface area (Å²) in [6.45, 7) is 2.58. The van der Waals surface area contributed by atoms with Crippen LogP contribution in [0, 0.1) is 0 Å². The average molecular weight is 361 g/mol. The van der Waals surface area contributed by atoms with Crippen LogP contribution >= 0.6 is 11.8 Å². The third-order valence-corrected chi connectivity index (χ3v) is 4.43. The van der Waals surface area contributed by atoms with Gasteiger partial charge in [-0.25, -0.2) is 0 Å². The van der Waals surface area contributed by atoms with E-state index >= 15 is 0 Å². The summed E-state index contributed by atoms with van der Waals surface area (Å²) < 4.78 is 16.0. The van der Waals surface area contributed by atoms with E-state index in [1.165, 1.54) is 11.8 Å². The van der Waals surface area contributed by atoms with Crippen LogP contribution in [0.2, 0.25) is 0 Å². The molecule has 0 aliphatic rings. The second-order valence-electron chi connectivity index (χ2n) is 5.15. The zero-order valence-electron chi connectivity index (χ0n) is 14.7. The molecular formula is C19H23NO4S. The van der Waals surface area contributed by atoms with E-state index in [9.17, 15) is 4.79 Å². The minimum atomic E-state index is -0.0812. The zero-order valence-corrected chi connectivity index (χ0v) is 15.5. The molecule has 0 radical (unpaired) electrons. The lowest BCUT2D eigenvalue weighted by Gasteiger charge is -2.12. The number of methoxy groups -OCH3 is 2. The number of anilines is 1.